The molecule has 9 nitrogen and oxygen atoms in total. The average molecular weight is 538 g/mol. The molecule has 2 atom stereocenters. The molecule has 2 unspecified atom stereocenters. The summed E-state index contributed by atoms with van der Waals surface area (Å²) in [6, 6.07) is 19.6. The second-order valence-corrected chi connectivity index (χ2v) is 8.47. The number of methoxy groups -OCH3 is 4. The van der Waals surface area contributed by atoms with Crippen molar-refractivity contribution in [2.75, 3.05) is 41.6 Å². The highest BCUT2D eigenvalue weighted by molar-refractivity contribution is 6.21. The third-order valence-corrected chi connectivity index (χ3v) is 5.77. The van der Waals surface area contributed by atoms with Gasteiger partial charge in [0.25, 0.3) is 0 Å². The third kappa shape index (κ3) is 8.39. The summed E-state index contributed by atoms with van der Waals surface area (Å²) in [5.74, 6) is 2.49. The lowest BCUT2D eigenvalue weighted by molar-refractivity contribution is -0.133. The molecule has 0 amide bonds. The highest BCUT2D eigenvalue weighted by Gasteiger charge is 2.16. The van der Waals surface area contributed by atoms with Crippen LogP contribution in [0.15, 0.2) is 66.7 Å². The Balaban J connectivity index is 1.59. The van der Waals surface area contributed by atoms with E-state index in [1.54, 1.807) is 69.9 Å². The van der Waals surface area contributed by atoms with Crippen molar-refractivity contribution in [2.24, 2.45) is 0 Å². The zero-order valence-electron chi connectivity index (χ0n) is 22.8. The molecule has 0 aliphatic heterocycles. The van der Waals surface area contributed by atoms with Crippen molar-refractivity contribution in [1.29, 1.82) is 0 Å². The van der Waals surface area contributed by atoms with E-state index in [0.717, 1.165) is 0 Å². The van der Waals surface area contributed by atoms with Gasteiger partial charge < -0.3 is 33.5 Å². The molecule has 3 aromatic rings. The van der Waals surface area contributed by atoms with Crippen molar-refractivity contribution < 1.29 is 38.3 Å². The van der Waals surface area contributed by atoms with Gasteiger partial charge in [0, 0.05) is 18.2 Å². The number of carbonyl (C=O) groups is 1. The van der Waals surface area contributed by atoms with Gasteiger partial charge in [-0.2, -0.15) is 0 Å². The molecule has 9 heteroatoms. The first-order valence-electron chi connectivity index (χ1n) is 12.3. The van der Waals surface area contributed by atoms with E-state index in [1.807, 2.05) is 31.2 Å². The van der Waals surface area contributed by atoms with Crippen molar-refractivity contribution >= 4 is 17.6 Å². The Bertz CT molecular complexity index is 1240. The molecule has 0 aromatic heterocycles. The number of rotatable bonds is 14. The first kappa shape index (κ1) is 29.3. The SMILES string of the molecule is COC(=O)C(=Cc1ccc(OC)cc1OC)c1ccc(OCC(O)CNC(C)Oc2ccccc2OC)cc1. The highest BCUT2D eigenvalue weighted by Crippen LogP contribution is 2.30. The number of para-hydroxylation sites is 2. The summed E-state index contributed by atoms with van der Waals surface area (Å²) >= 11 is 0. The number of benzene rings is 3. The zero-order valence-corrected chi connectivity index (χ0v) is 22.8. The van der Waals surface area contributed by atoms with Crippen molar-refractivity contribution in [1.82, 2.24) is 5.32 Å². The molecule has 208 valence electrons. The second-order valence-electron chi connectivity index (χ2n) is 8.47. The van der Waals surface area contributed by atoms with Crippen LogP contribution in [0.3, 0.4) is 0 Å². The van der Waals surface area contributed by atoms with Gasteiger partial charge in [-0.1, -0.05) is 24.3 Å². The predicted molar refractivity (Wildman–Crippen MR) is 148 cm³/mol. The van der Waals surface area contributed by atoms with Crippen LogP contribution >= 0.6 is 0 Å². The number of carbonyl (C=O) groups excluding carboxylic acids is 1. The third-order valence-electron chi connectivity index (χ3n) is 5.77. The molecule has 0 aliphatic rings. The fourth-order valence-corrected chi connectivity index (χ4v) is 3.70. The molecule has 3 rings (SSSR count). The van der Waals surface area contributed by atoms with Crippen LogP contribution < -0.4 is 29.0 Å². The number of hydrogen-bond acceptors (Lipinski definition) is 9. The van der Waals surface area contributed by atoms with Crippen molar-refractivity contribution in [3.63, 3.8) is 0 Å². The maximum absolute atomic E-state index is 12.6. The Hall–Kier alpha value is -4.21. The number of aliphatic hydroxyl groups is 1. The molecule has 0 spiro atoms. The van der Waals surface area contributed by atoms with Gasteiger partial charge in [-0.3, -0.25) is 5.32 Å². The number of nitrogens with one attached hydrogen (secondary N) is 1. The van der Waals surface area contributed by atoms with Gasteiger partial charge in [-0.05, 0) is 55.0 Å². The number of hydrogen-bond donors (Lipinski definition) is 2. The standard InChI is InChI=1S/C30H35NO8/c1-20(39-28-9-7-6-8-27(28)35-3)31-18-23(32)19-38-24-13-10-21(11-14-24)26(30(33)37-5)16-22-12-15-25(34-2)17-29(22)36-4/h6-17,20,23,31-32H,18-19H2,1-5H3. The monoisotopic (exact) mass is 537 g/mol. The minimum Gasteiger partial charge on any atom is -0.497 e. The van der Waals surface area contributed by atoms with Crippen LogP contribution in [-0.4, -0.2) is 65.0 Å². The van der Waals surface area contributed by atoms with Crippen LogP contribution in [0.1, 0.15) is 18.1 Å². The van der Waals surface area contributed by atoms with Gasteiger partial charge in [-0.25, -0.2) is 4.79 Å². The summed E-state index contributed by atoms with van der Waals surface area (Å²) in [6.45, 7) is 2.16. The van der Waals surface area contributed by atoms with E-state index in [9.17, 15) is 9.90 Å². The van der Waals surface area contributed by atoms with E-state index < -0.39 is 12.1 Å². The Labute approximate surface area is 228 Å². The lowest BCUT2D eigenvalue weighted by Crippen LogP contribution is -2.39. The normalized spacial score (nSPS) is 12.7. The molecule has 3 aromatic carbocycles. The van der Waals surface area contributed by atoms with E-state index in [2.05, 4.69) is 5.32 Å². The number of aliphatic hydroxyl groups excluding tert-OH is 1. The summed E-state index contributed by atoms with van der Waals surface area (Å²) in [6.07, 6.45) is 0.563. The molecule has 0 saturated heterocycles. The summed E-state index contributed by atoms with van der Waals surface area (Å²) < 4.78 is 32.6. The van der Waals surface area contributed by atoms with Gasteiger partial charge in [0.15, 0.2) is 11.5 Å². The zero-order chi connectivity index (χ0) is 28.2. The molecule has 0 aliphatic carbocycles. The molecular weight excluding hydrogens is 502 g/mol. The lowest BCUT2D eigenvalue weighted by atomic mass is 10.0. The molecular formula is C30H35NO8. The van der Waals surface area contributed by atoms with Crippen LogP contribution in [0.2, 0.25) is 0 Å². The van der Waals surface area contributed by atoms with Crippen molar-refractivity contribution in [3.8, 4) is 28.7 Å². The molecule has 2 N–H and O–H groups in total. The van der Waals surface area contributed by atoms with Gasteiger partial charge in [-0.15, -0.1) is 0 Å². The van der Waals surface area contributed by atoms with E-state index in [1.165, 1.54) is 7.11 Å². The smallest absolute Gasteiger partial charge is 0.338 e. The summed E-state index contributed by atoms with van der Waals surface area (Å²) in [5, 5.41) is 13.5. The van der Waals surface area contributed by atoms with Crippen LogP contribution in [0.25, 0.3) is 11.6 Å². The van der Waals surface area contributed by atoms with E-state index in [0.29, 0.717) is 45.4 Å². The van der Waals surface area contributed by atoms with Crippen LogP contribution in [0.4, 0.5) is 0 Å². The maximum Gasteiger partial charge on any atom is 0.338 e. The van der Waals surface area contributed by atoms with Gasteiger partial charge in [0.1, 0.15) is 36.2 Å². The summed E-state index contributed by atoms with van der Waals surface area (Å²) in [5.41, 5.74) is 1.68. The molecule has 0 heterocycles. The number of ether oxygens (including phenoxy) is 6. The summed E-state index contributed by atoms with van der Waals surface area (Å²) in [7, 11) is 6.03. The van der Waals surface area contributed by atoms with E-state index in [4.69, 9.17) is 28.4 Å². The quantitative estimate of drug-likeness (QED) is 0.136. The molecule has 0 radical (unpaired) electrons. The van der Waals surface area contributed by atoms with Crippen molar-refractivity contribution in [2.45, 2.75) is 19.3 Å². The van der Waals surface area contributed by atoms with Gasteiger partial charge in [0.05, 0.1) is 34.0 Å². The molecule has 0 saturated carbocycles. The molecule has 39 heavy (non-hydrogen) atoms. The van der Waals surface area contributed by atoms with Gasteiger partial charge in [0.2, 0.25) is 0 Å². The largest absolute Gasteiger partial charge is 0.497 e. The minimum absolute atomic E-state index is 0.0659. The second kappa shape index (κ2) is 14.7. The molecule has 0 bridgehead atoms. The minimum atomic E-state index is -0.776. The van der Waals surface area contributed by atoms with E-state index >= 15 is 0 Å². The Morgan fingerprint density at radius 3 is 2.18 bits per heavy atom. The first-order valence-corrected chi connectivity index (χ1v) is 12.3. The predicted octanol–water partition coefficient (Wildman–Crippen LogP) is 4.18. The fraction of sp³-hybridized carbons (Fsp3) is 0.300. The van der Waals surface area contributed by atoms with Crippen LogP contribution in [0, 0.1) is 0 Å². The Morgan fingerprint density at radius 1 is 0.872 bits per heavy atom. The van der Waals surface area contributed by atoms with Gasteiger partial charge >= 0.3 is 5.97 Å². The number of esters is 1. The van der Waals surface area contributed by atoms with Crippen LogP contribution in [0.5, 0.6) is 28.7 Å². The maximum atomic E-state index is 12.6. The summed E-state index contributed by atoms with van der Waals surface area (Å²) in [4.78, 5) is 12.6. The Morgan fingerprint density at radius 2 is 1.54 bits per heavy atom. The van der Waals surface area contributed by atoms with E-state index in [-0.39, 0.29) is 19.4 Å². The Kier molecular flexibility index (Phi) is 11.0. The van der Waals surface area contributed by atoms with Crippen LogP contribution in [-0.2, 0) is 9.53 Å². The fourth-order valence-electron chi connectivity index (χ4n) is 3.70. The topological polar surface area (TPSA) is 105 Å². The average Bonchev–Trinajstić information content (AvgIpc) is 2.97. The lowest BCUT2D eigenvalue weighted by Gasteiger charge is -2.20. The van der Waals surface area contributed by atoms with Crippen molar-refractivity contribution in [3.05, 3.63) is 77.9 Å². The first-order chi connectivity index (χ1) is 18.9. The molecule has 0 fully saturated rings. The highest BCUT2D eigenvalue weighted by atomic mass is 16.5.